The van der Waals surface area contributed by atoms with Gasteiger partial charge in [0.05, 0.1) is 0 Å². The number of nitrogens with one attached hydrogen (secondary N) is 2. The summed E-state index contributed by atoms with van der Waals surface area (Å²) >= 11 is 3.57. The Kier molecular flexibility index (Phi) is 5.49. The highest BCUT2D eigenvalue weighted by Gasteiger charge is 2.11. The van der Waals surface area contributed by atoms with Gasteiger partial charge in [-0.15, -0.1) is 0 Å². The van der Waals surface area contributed by atoms with E-state index in [1.807, 2.05) is 0 Å². The van der Waals surface area contributed by atoms with Crippen LogP contribution in [-0.4, -0.2) is 19.1 Å². The molecule has 1 heterocycles. The van der Waals surface area contributed by atoms with Crippen molar-refractivity contribution in [1.82, 2.24) is 10.6 Å². The van der Waals surface area contributed by atoms with Gasteiger partial charge in [-0.1, -0.05) is 40.5 Å². The summed E-state index contributed by atoms with van der Waals surface area (Å²) in [5.41, 5.74) is 1.34. The Labute approximate surface area is 112 Å². The Morgan fingerprint density at radius 3 is 2.94 bits per heavy atom. The highest BCUT2D eigenvalue weighted by Crippen LogP contribution is 2.15. The first kappa shape index (κ1) is 13.1. The summed E-state index contributed by atoms with van der Waals surface area (Å²) < 4.78 is 1.20. The molecule has 2 nitrogen and oxygen atoms in total. The third-order valence-corrected chi connectivity index (χ3v) is 4.13. The molecular weight excluding hydrogens is 276 g/mol. The van der Waals surface area contributed by atoms with E-state index in [1.54, 1.807) is 0 Å². The minimum Gasteiger partial charge on any atom is -0.314 e. The number of halogens is 1. The van der Waals surface area contributed by atoms with Gasteiger partial charge in [0.1, 0.15) is 0 Å². The molecule has 0 amide bonds. The third kappa shape index (κ3) is 4.41. The van der Waals surface area contributed by atoms with E-state index < -0.39 is 0 Å². The van der Waals surface area contributed by atoms with E-state index in [1.165, 1.54) is 42.3 Å². The van der Waals surface area contributed by atoms with Gasteiger partial charge in [0.2, 0.25) is 0 Å². The van der Waals surface area contributed by atoms with E-state index in [0.717, 1.165) is 19.1 Å². The first-order chi connectivity index (χ1) is 8.36. The summed E-state index contributed by atoms with van der Waals surface area (Å²) in [6, 6.07) is 9.13. The minimum atomic E-state index is 0.732. The lowest BCUT2D eigenvalue weighted by Gasteiger charge is -2.23. The predicted molar refractivity (Wildman–Crippen MR) is 76.1 cm³/mol. The quantitative estimate of drug-likeness (QED) is 0.816. The van der Waals surface area contributed by atoms with Crippen LogP contribution in [0, 0.1) is 0 Å². The van der Waals surface area contributed by atoms with Crippen molar-refractivity contribution in [2.45, 2.75) is 38.3 Å². The van der Waals surface area contributed by atoms with Gasteiger partial charge in [0.15, 0.2) is 0 Å². The summed E-state index contributed by atoms with van der Waals surface area (Å²) in [6.45, 7) is 3.25. The monoisotopic (exact) mass is 296 g/mol. The summed E-state index contributed by atoms with van der Waals surface area (Å²) in [4.78, 5) is 0. The van der Waals surface area contributed by atoms with E-state index in [4.69, 9.17) is 0 Å². The van der Waals surface area contributed by atoms with Gasteiger partial charge in [0, 0.05) is 17.1 Å². The lowest BCUT2D eigenvalue weighted by atomic mass is 10.0. The summed E-state index contributed by atoms with van der Waals surface area (Å²) in [7, 11) is 0. The summed E-state index contributed by atoms with van der Waals surface area (Å²) in [6.07, 6.45) is 5.32. The molecular formula is C14H21BrN2. The average molecular weight is 297 g/mol. The number of benzene rings is 1. The van der Waals surface area contributed by atoms with Crippen LogP contribution in [0.5, 0.6) is 0 Å². The average Bonchev–Trinajstić information content (AvgIpc) is 2.38. The first-order valence-corrected chi connectivity index (χ1v) is 7.33. The van der Waals surface area contributed by atoms with Crippen molar-refractivity contribution in [3.8, 4) is 0 Å². The lowest BCUT2D eigenvalue weighted by Crippen LogP contribution is -2.36. The van der Waals surface area contributed by atoms with E-state index in [9.17, 15) is 0 Å². The molecule has 0 spiro atoms. The molecule has 0 aliphatic carbocycles. The highest BCUT2D eigenvalue weighted by atomic mass is 79.9. The molecule has 1 aliphatic heterocycles. The second-order valence-corrected chi connectivity index (χ2v) is 5.56. The van der Waals surface area contributed by atoms with Crippen molar-refractivity contribution in [3.63, 3.8) is 0 Å². The van der Waals surface area contributed by atoms with Crippen molar-refractivity contribution in [1.29, 1.82) is 0 Å². The fourth-order valence-corrected chi connectivity index (χ4v) is 2.74. The van der Waals surface area contributed by atoms with Crippen LogP contribution in [-0.2, 0) is 6.54 Å². The topological polar surface area (TPSA) is 24.1 Å². The summed E-state index contributed by atoms with van der Waals surface area (Å²) in [5.74, 6) is 0. The van der Waals surface area contributed by atoms with Gasteiger partial charge >= 0.3 is 0 Å². The van der Waals surface area contributed by atoms with Gasteiger partial charge in [-0.25, -0.2) is 0 Å². The van der Waals surface area contributed by atoms with Gasteiger partial charge in [0.25, 0.3) is 0 Å². The van der Waals surface area contributed by atoms with Crippen LogP contribution < -0.4 is 10.6 Å². The smallest absolute Gasteiger partial charge is 0.0220 e. The molecule has 0 aromatic heterocycles. The fraction of sp³-hybridized carbons (Fsp3) is 0.571. The first-order valence-electron chi connectivity index (χ1n) is 6.54. The Bertz CT molecular complexity index is 335. The number of hydrogen-bond acceptors (Lipinski definition) is 2. The molecule has 2 rings (SSSR count). The fourth-order valence-electron chi connectivity index (χ4n) is 2.31. The maximum Gasteiger partial charge on any atom is 0.0220 e. The molecule has 2 N–H and O–H groups in total. The standard InChI is InChI=1S/C14H21BrN2/c15-14-7-2-1-5-12(14)11-16-10-8-13-6-3-4-9-17-13/h1-2,5,7,13,16-17H,3-4,6,8-11H2. The molecule has 1 atom stereocenters. The Balaban J connectivity index is 1.64. The molecule has 0 bridgehead atoms. The van der Waals surface area contributed by atoms with Gasteiger partial charge < -0.3 is 10.6 Å². The van der Waals surface area contributed by atoms with Crippen molar-refractivity contribution in [2.75, 3.05) is 13.1 Å². The molecule has 1 aromatic carbocycles. The second-order valence-electron chi connectivity index (χ2n) is 4.70. The number of piperidine rings is 1. The molecule has 0 saturated carbocycles. The molecule has 94 valence electrons. The molecule has 1 aromatic rings. The minimum absolute atomic E-state index is 0.732. The molecule has 1 saturated heterocycles. The molecule has 1 fully saturated rings. The summed E-state index contributed by atoms with van der Waals surface area (Å²) in [5, 5.41) is 7.10. The zero-order valence-electron chi connectivity index (χ0n) is 10.2. The predicted octanol–water partition coefficient (Wildman–Crippen LogP) is 3.07. The number of hydrogen-bond donors (Lipinski definition) is 2. The lowest BCUT2D eigenvalue weighted by molar-refractivity contribution is 0.376. The molecule has 3 heteroatoms. The molecule has 0 radical (unpaired) electrons. The van der Waals surface area contributed by atoms with Crippen molar-refractivity contribution >= 4 is 15.9 Å². The van der Waals surface area contributed by atoms with Crippen LogP contribution in [0.3, 0.4) is 0 Å². The van der Waals surface area contributed by atoms with Crippen molar-refractivity contribution < 1.29 is 0 Å². The van der Waals surface area contributed by atoms with Crippen LogP contribution >= 0.6 is 15.9 Å². The van der Waals surface area contributed by atoms with Gasteiger partial charge in [-0.3, -0.25) is 0 Å². The molecule has 1 aliphatic rings. The van der Waals surface area contributed by atoms with Crippen LogP contribution in [0.1, 0.15) is 31.2 Å². The van der Waals surface area contributed by atoms with E-state index in [-0.39, 0.29) is 0 Å². The van der Waals surface area contributed by atoms with Crippen LogP contribution in [0.2, 0.25) is 0 Å². The maximum atomic E-state index is 3.58. The van der Waals surface area contributed by atoms with Crippen molar-refractivity contribution in [3.05, 3.63) is 34.3 Å². The van der Waals surface area contributed by atoms with E-state index >= 15 is 0 Å². The molecule has 1 unspecified atom stereocenters. The zero-order chi connectivity index (χ0) is 11.9. The second kappa shape index (κ2) is 7.14. The Hall–Kier alpha value is -0.380. The van der Waals surface area contributed by atoms with Crippen LogP contribution in [0.4, 0.5) is 0 Å². The van der Waals surface area contributed by atoms with E-state index in [2.05, 4.69) is 50.8 Å². The Morgan fingerprint density at radius 1 is 1.29 bits per heavy atom. The largest absolute Gasteiger partial charge is 0.314 e. The number of rotatable bonds is 5. The van der Waals surface area contributed by atoms with Crippen LogP contribution in [0.15, 0.2) is 28.7 Å². The van der Waals surface area contributed by atoms with Crippen molar-refractivity contribution in [2.24, 2.45) is 0 Å². The van der Waals surface area contributed by atoms with Gasteiger partial charge in [-0.05, 0) is 44.0 Å². The maximum absolute atomic E-state index is 3.58. The highest BCUT2D eigenvalue weighted by molar-refractivity contribution is 9.10. The third-order valence-electron chi connectivity index (χ3n) is 3.36. The normalized spacial score (nSPS) is 20.4. The van der Waals surface area contributed by atoms with Crippen LogP contribution in [0.25, 0.3) is 0 Å². The molecule has 17 heavy (non-hydrogen) atoms. The van der Waals surface area contributed by atoms with E-state index in [0.29, 0.717) is 0 Å². The SMILES string of the molecule is Brc1ccccc1CNCCC1CCCCN1. The van der Waals surface area contributed by atoms with Gasteiger partial charge in [-0.2, -0.15) is 0 Å². The Morgan fingerprint density at radius 2 is 2.18 bits per heavy atom. The zero-order valence-corrected chi connectivity index (χ0v) is 11.8.